The van der Waals surface area contributed by atoms with Gasteiger partial charge in [-0.15, -0.1) is 0 Å². The lowest BCUT2D eigenvalue weighted by molar-refractivity contribution is -0.136. The highest BCUT2D eigenvalue weighted by Gasteiger charge is 2.35. The summed E-state index contributed by atoms with van der Waals surface area (Å²) in [6.07, 6.45) is 1.20. The Hall–Kier alpha value is -0.920. The van der Waals surface area contributed by atoms with Crippen LogP contribution in [0.2, 0.25) is 0 Å². The van der Waals surface area contributed by atoms with E-state index in [0.29, 0.717) is 6.54 Å². The van der Waals surface area contributed by atoms with Gasteiger partial charge in [0.15, 0.2) is 0 Å². The summed E-state index contributed by atoms with van der Waals surface area (Å²) in [4.78, 5) is 10.6. The fourth-order valence-electron chi connectivity index (χ4n) is 2.45. The minimum atomic E-state index is -3.53. The molecule has 1 aliphatic rings. The van der Waals surface area contributed by atoms with Crippen LogP contribution in [0.1, 0.15) is 30.9 Å². The fourth-order valence-corrected chi connectivity index (χ4v) is 4.56. The molecule has 0 aromatic heterocycles. The van der Waals surface area contributed by atoms with Crippen LogP contribution in [-0.2, 0) is 14.8 Å². The van der Waals surface area contributed by atoms with Crippen molar-refractivity contribution >= 4 is 31.9 Å². The topological polar surface area (TPSA) is 74.7 Å². The van der Waals surface area contributed by atoms with Crippen LogP contribution in [0, 0.1) is 0 Å². The lowest BCUT2D eigenvalue weighted by Gasteiger charge is -2.24. The number of hydrogen-bond donors (Lipinski definition) is 1. The number of benzene rings is 1. The SMILES string of the molecule is O=C(O)CCS(=O)(=O)N1CCCC1c1cccc(Br)c1. The minimum absolute atomic E-state index is 0.189. The summed E-state index contributed by atoms with van der Waals surface area (Å²) in [7, 11) is -3.53. The smallest absolute Gasteiger partial charge is 0.304 e. The Morgan fingerprint density at radius 1 is 1.45 bits per heavy atom. The van der Waals surface area contributed by atoms with Gasteiger partial charge in [0.1, 0.15) is 0 Å². The van der Waals surface area contributed by atoms with Crippen molar-refractivity contribution in [3.8, 4) is 0 Å². The van der Waals surface area contributed by atoms with Crippen LogP contribution >= 0.6 is 15.9 Å². The maximum Gasteiger partial charge on any atom is 0.304 e. The van der Waals surface area contributed by atoms with Gasteiger partial charge in [0.05, 0.1) is 12.2 Å². The summed E-state index contributed by atoms with van der Waals surface area (Å²) in [5.74, 6) is -1.43. The minimum Gasteiger partial charge on any atom is -0.481 e. The second kappa shape index (κ2) is 6.24. The third kappa shape index (κ3) is 3.59. The van der Waals surface area contributed by atoms with Gasteiger partial charge in [0.25, 0.3) is 0 Å². The van der Waals surface area contributed by atoms with Gasteiger partial charge in [-0.25, -0.2) is 8.42 Å². The Labute approximate surface area is 126 Å². The number of carboxylic acids is 1. The number of hydrogen-bond acceptors (Lipinski definition) is 3. The van der Waals surface area contributed by atoms with Crippen molar-refractivity contribution in [1.82, 2.24) is 4.31 Å². The second-order valence-electron chi connectivity index (χ2n) is 4.78. The average molecular weight is 362 g/mol. The molecule has 1 aromatic carbocycles. The molecule has 0 bridgehead atoms. The number of carboxylic acid groups (broad SMARTS) is 1. The predicted octanol–water partition coefficient (Wildman–Crippen LogP) is 2.39. The Kier molecular flexibility index (Phi) is 4.82. The molecule has 1 saturated heterocycles. The molecule has 0 spiro atoms. The summed E-state index contributed by atoms with van der Waals surface area (Å²) in [6.45, 7) is 0.457. The van der Waals surface area contributed by atoms with Gasteiger partial charge in [0, 0.05) is 17.1 Å². The van der Waals surface area contributed by atoms with E-state index < -0.39 is 16.0 Å². The van der Waals surface area contributed by atoms with Crippen molar-refractivity contribution in [2.24, 2.45) is 0 Å². The largest absolute Gasteiger partial charge is 0.481 e. The van der Waals surface area contributed by atoms with E-state index in [2.05, 4.69) is 15.9 Å². The van der Waals surface area contributed by atoms with E-state index in [1.165, 1.54) is 4.31 Å². The molecule has 110 valence electrons. The molecule has 7 heteroatoms. The third-order valence-electron chi connectivity index (χ3n) is 3.37. The molecular formula is C13H16BrNO4S. The lowest BCUT2D eigenvalue weighted by Crippen LogP contribution is -2.33. The Morgan fingerprint density at radius 3 is 2.85 bits per heavy atom. The molecule has 20 heavy (non-hydrogen) atoms. The van der Waals surface area contributed by atoms with E-state index in [0.717, 1.165) is 22.9 Å². The van der Waals surface area contributed by atoms with E-state index in [1.54, 1.807) is 0 Å². The monoisotopic (exact) mass is 361 g/mol. The zero-order valence-electron chi connectivity index (χ0n) is 10.8. The van der Waals surface area contributed by atoms with E-state index in [9.17, 15) is 13.2 Å². The van der Waals surface area contributed by atoms with Crippen molar-refractivity contribution in [2.75, 3.05) is 12.3 Å². The van der Waals surface area contributed by atoms with Crippen molar-refractivity contribution in [1.29, 1.82) is 0 Å². The number of sulfonamides is 1. The first kappa shape index (κ1) is 15.5. The number of rotatable bonds is 5. The molecule has 0 amide bonds. The third-order valence-corrected chi connectivity index (χ3v) is 5.73. The van der Waals surface area contributed by atoms with Gasteiger partial charge >= 0.3 is 5.97 Å². The van der Waals surface area contributed by atoms with Crippen LogP contribution in [0.25, 0.3) is 0 Å². The van der Waals surface area contributed by atoms with Gasteiger partial charge in [-0.1, -0.05) is 28.1 Å². The maximum atomic E-state index is 12.3. The molecule has 1 heterocycles. The number of carbonyl (C=O) groups is 1. The molecule has 0 saturated carbocycles. The molecule has 0 aliphatic carbocycles. The highest BCUT2D eigenvalue weighted by molar-refractivity contribution is 9.10. The van der Waals surface area contributed by atoms with Crippen LogP contribution in [0.5, 0.6) is 0 Å². The van der Waals surface area contributed by atoms with E-state index >= 15 is 0 Å². The highest BCUT2D eigenvalue weighted by atomic mass is 79.9. The first-order chi connectivity index (χ1) is 9.40. The van der Waals surface area contributed by atoms with E-state index in [1.807, 2.05) is 24.3 Å². The fraction of sp³-hybridized carbons (Fsp3) is 0.462. The van der Waals surface area contributed by atoms with Crippen LogP contribution in [0.4, 0.5) is 0 Å². The summed E-state index contributed by atoms with van der Waals surface area (Å²) in [6, 6.07) is 7.39. The summed E-state index contributed by atoms with van der Waals surface area (Å²) in [5.41, 5.74) is 0.941. The van der Waals surface area contributed by atoms with Crippen LogP contribution < -0.4 is 0 Å². The molecule has 1 unspecified atom stereocenters. The van der Waals surface area contributed by atoms with Crippen LogP contribution in [0.3, 0.4) is 0 Å². The molecule has 0 radical (unpaired) electrons. The molecule has 1 aliphatic heterocycles. The van der Waals surface area contributed by atoms with E-state index in [4.69, 9.17) is 5.11 Å². The number of nitrogens with zero attached hydrogens (tertiary/aromatic N) is 1. The quantitative estimate of drug-likeness (QED) is 0.873. The standard InChI is InChI=1S/C13H16BrNO4S/c14-11-4-1-3-10(9-11)12-5-2-7-15(12)20(18,19)8-6-13(16)17/h1,3-4,9,12H,2,5-8H2,(H,16,17). The van der Waals surface area contributed by atoms with Gasteiger partial charge < -0.3 is 5.11 Å². The van der Waals surface area contributed by atoms with Crippen LogP contribution in [0.15, 0.2) is 28.7 Å². The molecule has 2 rings (SSSR count). The molecule has 1 fully saturated rings. The predicted molar refractivity (Wildman–Crippen MR) is 78.9 cm³/mol. The van der Waals surface area contributed by atoms with E-state index in [-0.39, 0.29) is 18.2 Å². The van der Waals surface area contributed by atoms with Crippen LogP contribution in [-0.4, -0.2) is 36.1 Å². The van der Waals surface area contributed by atoms with Crippen molar-refractivity contribution in [2.45, 2.75) is 25.3 Å². The van der Waals surface area contributed by atoms with Gasteiger partial charge in [-0.3, -0.25) is 4.79 Å². The lowest BCUT2D eigenvalue weighted by atomic mass is 10.1. The average Bonchev–Trinajstić information content (AvgIpc) is 2.86. The summed E-state index contributed by atoms with van der Waals surface area (Å²) >= 11 is 3.38. The maximum absolute atomic E-state index is 12.3. The Balaban J connectivity index is 2.21. The Bertz CT molecular complexity index is 602. The summed E-state index contributed by atoms with van der Waals surface area (Å²) in [5, 5.41) is 8.65. The zero-order chi connectivity index (χ0) is 14.8. The molecule has 1 aromatic rings. The second-order valence-corrected chi connectivity index (χ2v) is 7.74. The first-order valence-corrected chi connectivity index (χ1v) is 8.77. The summed E-state index contributed by atoms with van der Waals surface area (Å²) < 4.78 is 26.9. The molecule has 5 nitrogen and oxygen atoms in total. The van der Waals surface area contributed by atoms with Gasteiger partial charge in [-0.05, 0) is 30.5 Å². The number of aliphatic carboxylic acids is 1. The van der Waals surface area contributed by atoms with Gasteiger partial charge in [0.2, 0.25) is 10.0 Å². The van der Waals surface area contributed by atoms with Crippen molar-refractivity contribution < 1.29 is 18.3 Å². The van der Waals surface area contributed by atoms with Gasteiger partial charge in [-0.2, -0.15) is 4.31 Å². The van der Waals surface area contributed by atoms with Crippen molar-refractivity contribution in [3.63, 3.8) is 0 Å². The molecule has 1 N–H and O–H groups in total. The normalized spacial score (nSPS) is 20.1. The first-order valence-electron chi connectivity index (χ1n) is 6.37. The van der Waals surface area contributed by atoms with Crippen molar-refractivity contribution in [3.05, 3.63) is 34.3 Å². The zero-order valence-corrected chi connectivity index (χ0v) is 13.2. The molecular weight excluding hydrogens is 346 g/mol. The Morgan fingerprint density at radius 2 is 2.20 bits per heavy atom. The number of halogens is 1. The highest BCUT2D eigenvalue weighted by Crippen LogP contribution is 2.35. The molecule has 1 atom stereocenters.